The lowest BCUT2D eigenvalue weighted by molar-refractivity contribution is 0.103. The van der Waals surface area contributed by atoms with Gasteiger partial charge >= 0.3 is 0 Å². The number of carbonyl (C=O) groups is 1. The molecule has 0 atom stereocenters. The zero-order valence-corrected chi connectivity index (χ0v) is 11.4. The minimum atomic E-state index is -0.00796. The van der Waals surface area contributed by atoms with E-state index in [1.807, 2.05) is 36.6 Å². The van der Waals surface area contributed by atoms with E-state index in [-0.39, 0.29) is 5.78 Å². The van der Waals surface area contributed by atoms with Gasteiger partial charge in [-0.2, -0.15) is 0 Å². The molecule has 0 bridgehead atoms. The highest BCUT2D eigenvalue weighted by molar-refractivity contribution is 7.98. The number of hydrogen-bond donors (Lipinski definition) is 1. The van der Waals surface area contributed by atoms with Crippen LogP contribution in [0.4, 0.5) is 5.69 Å². The van der Waals surface area contributed by atoms with Crippen LogP contribution in [-0.2, 0) is 0 Å². The number of thioether (sulfide) groups is 1. The third kappa shape index (κ3) is 1.62. The lowest BCUT2D eigenvalue weighted by atomic mass is 9.81. The first-order valence-electron chi connectivity index (χ1n) is 5.95. The molecule has 3 rings (SSSR count). The van der Waals surface area contributed by atoms with Crippen LogP contribution in [0, 0.1) is 0 Å². The Kier molecular flexibility index (Phi) is 2.72. The summed E-state index contributed by atoms with van der Waals surface area (Å²) < 4.78 is 0. The summed E-state index contributed by atoms with van der Waals surface area (Å²) in [6.45, 7) is 4.16. The average molecular weight is 267 g/mol. The van der Waals surface area contributed by atoms with Crippen LogP contribution in [0.2, 0.25) is 0 Å². The van der Waals surface area contributed by atoms with Gasteiger partial charge < -0.3 is 5.73 Å². The second-order valence-corrected chi connectivity index (χ2v) is 5.31. The molecular formula is C16H13NOS. The van der Waals surface area contributed by atoms with Crippen LogP contribution in [0.15, 0.2) is 47.9 Å². The van der Waals surface area contributed by atoms with Gasteiger partial charge in [-0.05, 0) is 29.5 Å². The highest BCUT2D eigenvalue weighted by Crippen LogP contribution is 2.41. The number of anilines is 1. The fraction of sp³-hybridized carbons (Fsp3) is 0.0625. The van der Waals surface area contributed by atoms with Crippen molar-refractivity contribution in [1.29, 1.82) is 0 Å². The van der Waals surface area contributed by atoms with E-state index >= 15 is 0 Å². The Morgan fingerprint density at radius 1 is 1.05 bits per heavy atom. The summed E-state index contributed by atoms with van der Waals surface area (Å²) in [6, 6.07) is 11.3. The van der Waals surface area contributed by atoms with Crippen LogP contribution in [-0.4, -0.2) is 12.0 Å². The molecule has 0 fully saturated rings. The predicted molar refractivity (Wildman–Crippen MR) is 80.6 cm³/mol. The molecule has 1 aliphatic rings. The number of rotatable bonds is 1. The lowest BCUT2D eigenvalue weighted by Gasteiger charge is -2.24. The van der Waals surface area contributed by atoms with Crippen molar-refractivity contribution in [3.8, 4) is 0 Å². The maximum atomic E-state index is 12.6. The van der Waals surface area contributed by atoms with Crippen molar-refractivity contribution < 1.29 is 4.79 Å². The third-order valence-corrected chi connectivity index (χ3v) is 4.22. The Bertz CT molecular complexity index is 719. The first-order valence-corrected chi connectivity index (χ1v) is 7.17. The number of hydrogen-bond acceptors (Lipinski definition) is 3. The Morgan fingerprint density at radius 3 is 2.42 bits per heavy atom. The number of carbonyl (C=O) groups excluding carboxylic acids is 1. The van der Waals surface area contributed by atoms with Gasteiger partial charge in [0, 0.05) is 21.7 Å². The van der Waals surface area contributed by atoms with E-state index in [2.05, 4.69) is 6.58 Å². The normalized spacial score (nSPS) is 13.1. The highest BCUT2D eigenvalue weighted by Gasteiger charge is 2.29. The molecule has 0 aromatic heterocycles. The van der Waals surface area contributed by atoms with Crippen LogP contribution in [0.1, 0.15) is 27.0 Å². The smallest absolute Gasteiger partial charge is 0.196 e. The number of nitrogen functional groups attached to an aromatic ring is 1. The van der Waals surface area contributed by atoms with Crippen LogP contribution < -0.4 is 5.73 Å². The Labute approximate surface area is 116 Å². The molecule has 94 valence electrons. The van der Waals surface area contributed by atoms with Gasteiger partial charge in [0.2, 0.25) is 0 Å². The van der Waals surface area contributed by atoms with E-state index in [1.165, 1.54) is 0 Å². The van der Waals surface area contributed by atoms with Crippen molar-refractivity contribution in [3.63, 3.8) is 0 Å². The number of fused-ring (bicyclic) bond motifs is 2. The van der Waals surface area contributed by atoms with E-state index in [9.17, 15) is 4.79 Å². The number of nitrogens with two attached hydrogens (primary N) is 1. The summed E-state index contributed by atoms with van der Waals surface area (Å²) in [5.74, 6) is -0.00796. The number of ketones is 1. The van der Waals surface area contributed by atoms with Crippen molar-refractivity contribution >= 4 is 28.8 Å². The molecule has 0 saturated carbocycles. The van der Waals surface area contributed by atoms with Gasteiger partial charge in [0.25, 0.3) is 0 Å². The summed E-state index contributed by atoms with van der Waals surface area (Å²) >= 11 is 1.60. The topological polar surface area (TPSA) is 43.1 Å². The van der Waals surface area contributed by atoms with Crippen LogP contribution >= 0.6 is 11.8 Å². The Balaban J connectivity index is 2.38. The monoisotopic (exact) mass is 267 g/mol. The predicted octanol–water partition coefficient (Wildman–Crippen LogP) is 3.60. The molecule has 0 aliphatic heterocycles. The van der Waals surface area contributed by atoms with Crippen LogP contribution in [0.25, 0.3) is 5.57 Å². The van der Waals surface area contributed by atoms with E-state index < -0.39 is 0 Å². The maximum Gasteiger partial charge on any atom is 0.196 e. The molecule has 0 amide bonds. The molecule has 19 heavy (non-hydrogen) atoms. The van der Waals surface area contributed by atoms with Crippen molar-refractivity contribution in [1.82, 2.24) is 0 Å². The third-order valence-electron chi connectivity index (χ3n) is 3.44. The van der Waals surface area contributed by atoms with Gasteiger partial charge in [-0.3, -0.25) is 4.79 Å². The molecule has 0 spiro atoms. The quantitative estimate of drug-likeness (QED) is 0.541. The zero-order valence-electron chi connectivity index (χ0n) is 10.6. The summed E-state index contributed by atoms with van der Waals surface area (Å²) in [5, 5.41) is 0. The van der Waals surface area contributed by atoms with Crippen LogP contribution in [0.3, 0.4) is 0 Å². The molecular weight excluding hydrogens is 254 g/mol. The molecule has 0 radical (unpaired) electrons. The van der Waals surface area contributed by atoms with Crippen molar-refractivity contribution in [2.24, 2.45) is 0 Å². The summed E-state index contributed by atoms with van der Waals surface area (Å²) in [7, 11) is 0. The van der Waals surface area contributed by atoms with Crippen LogP contribution in [0.5, 0.6) is 0 Å². The number of benzene rings is 2. The molecule has 2 aromatic carbocycles. The van der Waals surface area contributed by atoms with Gasteiger partial charge in [0.1, 0.15) is 0 Å². The van der Waals surface area contributed by atoms with Gasteiger partial charge in [-0.15, -0.1) is 11.8 Å². The molecule has 0 heterocycles. The highest BCUT2D eigenvalue weighted by atomic mass is 32.2. The fourth-order valence-corrected chi connectivity index (χ4v) is 3.16. The van der Waals surface area contributed by atoms with Gasteiger partial charge in [-0.1, -0.05) is 30.8 Å². The van der Waals surface area contributed by atoms with E-state index in [1.54, 1.807) is 17.8 Å². The maximum absolute atomic E-state index is 12.6. The Hall–Kier alpha value is -2.00. The second kappa shape index (κ2) is 4.28. The largest absolute Gasteiger partial charge is 0.398 e. The molecule has 0 unspecified atom stereocenters. The molecule has 0 saturated heterocycles. The minimum Gasteiger partial charge on any atom is -0.398 e. The SMILES string of the molecule is C=C1c2ccccc2C(=O)c2c(N)ccc(SC)c21. The first kappa shape index (κ1) is 12.1. The first-order chi connectivity index (χ1) is 9.15. The van der Waals surface area contributed by atoms with Gasteiger partial charge in [0.15, 0.2) is 5.78 Å². The van der Waals surface area contributed by atoms with E-state index in [0.29, 0.717) is 16.8 Å². The summed E-state index contributed by atoms with van der Waals surface area (Å²) in [4.78, 5) is 13.7. The molecule has 1 aliphatic carbocycles. The average Bonchev–Trinajstić information content (AvgIpc) is 2.44. The molecule has 2 nitrogen and oxygen atoms in total. The fourth-order valence-electron chi connectivity index (χ4n) is 2.53. The minimum absolute atomic E-state index is 0.00796. The Morgan fingerprint density at radius 2 is 1.74 bits per heavy atom. The van der Waals surface area contributed by atoms with Gasteiger partial charge in [0.05, 0.1) is 5.56 Å². The molecule has 3 heteroatoms. The van der Waals surface area contributed by atoms with E-state index in [4.69, 9.17) is 5.73 Å². The zero-order chi connectivity index (χ0) is 13.6. The van der Waals surface area contributed by atoms with E-state index in [0.717, 1.165) is 21.6 Å². The lowest BCUT2D eigenvalue weighted by Crippen LogP contribution is -2.17. The second-order valence-electron chi connectivity index (χ2n) is 4.46. The van der Waals surface area contributed by atoms with Crippen molar-refractivity contribution in [2.45, 2.75) is 4.90 Å². The van der Waals surface area contributed by atoms with Gasteiger partial charge in [-0.25, -0.2) is 0 Å². The summed E-state index contributed by atoms with van der Waals surface area (Å²) in [6.07, 6.45) is 1.99. The standard InChI is InChI=1S/C16H13NOS/c1-9-10-5-3-4-6-11(10)16(18)15-12(17)7-8-13(19-2)14(9)15/h3-8H,1,17H2,2H3. The molecule has 2 aromatic rings. The van der Waals surface area contributed by atoms with Crippen molar-refractivity contribution in [2.75, 3.05) is 12.0 Å². The summed E-state index contributed by atoms with van der Waals surface area (Å²) in [5.41, 5.74) is 10.5. The van der Waals surface area contributed by atoms with Crippen molar-refractivity contribution in [3.05, 3.63) is 65.2 Å². The molecule has 2 N–H and O–H groups in total.